The highest BCUT2D eigenvalue weighted by molar-refractivity contribution is 6.04. The molecule has 0 bridgehead atoms. The number of carbonyl (C=O) groups excluding carboxylic acids is 2. The Morgan fingerprint density at radius 3 is 2.42 bits per heavy atom. The van der Waals surface area contributed by atoms with Crippen molar-refractivity contribution in [1.29, 1.82) is 0 Å². The van der Waals surface area contributed by atoms with E-state index in [-0.39, 0.29) is 30.4 Å². The smallest absolute Gasteiger partial charge is 0.336 e. The lowest BCUT2D eigenvalue weighted by Crippen LogP contribution is -2.36. The number of dihydropyridines is 1. The zero-order valence-corrected chi connectivity index (χ0v) is 22.3. The topological polar surface area (TPSA) is 117 Å². The second-order valence-electron chi connectivity index (χ2n) is 9.57. The zero-order chi connectivity index (χ0) is 27.6. The van der Waals surface area contributed by atoms with Crippen LogP contribution in [0.15, 0.2) is 58.9 Å². The highest BCUT2D eigenvalue weighted by Gasteiger charge is 2.42. The number of hydrogen-bond acceptors (Lipinski definition) is 8. The molecule has 9 heteroatoms. The third-order valence-electron chi connectivity index (χ3n) is 7.13. The number of methoxy groups -OCH3 is 2. The molecule has 9 nitrogen and oxygen atoms in total. The summed E-state index contributed by atoms with van der Waals surface area (Å²) in [4.78, 5) is 38.3. The quantitative estimate of drug-likeness (QED) is 0.285. The summed E-state index contributed by atoms with van der Waals surface area (Å²) in [6.45, 7) is 5.56. The number of esters is 1. The predicted octanol–water partition coefficient (Wildman–Crippen LogP) is 5.24. The second-order valence-corrected chi connectivity index (χ2v) is 9.57. The van der Waals surface area contributed by atoms with Crippen LogP contribution in [0.3, 0.4) is 0 Å². The molecular formula is C29H32N2O7. The van der Waals surface area contributed by atoms with Crippen LogP contribution in [0.4, 0.5) is 5.69 Å². The summed E-state index contributed by atoms with van der Waals surface area (Å²) in [5.41, 5.74) is 3.91. The Morgan fingerprint density at radius 1 is 1.05 bits per heavy atom. The van der Waals surface area contributed by atoms with Gasteiger partial charge in [0.15, 0.2) is 17.3 Å². The third-order valence-corrected chi connectivity index (χ3v) is 7.13. The molecule has 2 atom stereocenters. The number of hydrogen-bond donors (Lipinski definition) is 1. The Bertz CT molecular complexity index is 1360. The fourth-order valence-corrected chi connectivity index (χ4v) is 5.26. The summed E-state index contributed by atoms with van der Waals surface area (Å²) in [7, 11) is 3.13. The Balaban J connectivity index is 1.81. The first-order chi connectivity index (χ1) is 18.2. The van der Waals surface area contributed by atoms with Crippen LogP contribution < -0.4 is 14.8 Å². The number of carbonyl (C=O) groups is 2. The van der Waals surface area contributed by atoms with Gasteiger partial charge in [0.1, 0.15) is 0 Å². The van der Waals surface area contributed by atoms with Crippen LogP contribution in [0.5, 0.6) is 11.5 Å². The summed E-state index contributed by atoms with van der Waals surface area (Å²) in [5.74, 6) is -0.372. The third kappa shape index (κ3) is 5.01. The van der Waals surface area contributed by atoms with Gasteiger partial charge in [-0.3, -0.25) is 14.9 Å². The van der Waals surface area contributed by atoms with Crippen molar-refractivity contribution in [2.45, 2.75) is 51.9 Å². The summed E-state index contributed by atoms with van der Waals surface area (Å²) in [6, 6.07) is 10.5. The van der Waals surface area contributed by atoms with Gasteiger partial charge in [-0.2, -0.15) is 0 Å². The maximum atomic E-state index is 13.8. The number of Topliss-reactive ketones (excluding diaryl/α,β-unsaturated/α-hetero) is 1. The Hall–Kier alpha value is -4.14. The van der Waals surface area contributed by atoms with E-state index in [0.717, 1.165) is 5.56 Å². The minimum absolute atomic E-state index is 0.0615. The number of nitro groups is 1. The minimum Gasteiger partial charge on any atom is -0.493 e. The van der Waals surface area contributed by atoms with E-state index in [1.54, 1.807) is 40.2 Å². The molecule has 38 heavy (non-hydrogen) atoms. The highest BCUT2D eigenvalue weighted by Crippen LogP contribution is 2.47. The van der Waals surface area contributed by atoms with E-state index >= 15 is 0 Å². The number of allylic oxidation sites excluding steroid dienone is 3. The summed E-state index contributed by atoms with van der Waals surface area (Å²) >= 11 is 0. The van der Waals surface area contributed by atoms with Gasteiger partial charge in [0, 0.05) is 40.9 Å². The van der Waals surface area contributed by atoms with Gasteiger partial charge in [-0.05, 0) is 55.9 Å². The normalized spacial score (nSPS) is 19.0. The van der Waals surface area contributed by atoms with E-state index < -0.39 is 16.8 Å². The summed E-state index contributed by atoms with van der Waals surface area (Å²) in [6.07, 6.45) is 1.39. The highest BCUT2D eigenvalue weighted by atomic mass is 16.6. The first-order valence-corrected chi connectivity index (χ1v) is 12.6. The molecular weight excluding hydrogens is 488 g/mol. The van der Waals surface area contributed by atoms with Gasteiger partial charge in [-0.25, -0.2) is 4.79 Å². The molecule has 0 saturated carbocycles. The number of nitrogens with one attached hydrogen (secondary N) is 1. The predicted molar refractivity (Wildman–Crippen MR) is 141 cm³/mol. The van der Waals surface area contributed by atoms with Gasteiger partial charge in [0.25, 0.3) is 5.69 Å². The molecule has 0 unspecified atom stereocenters. The maximum absolute atomic E-state index is 13.8. The van der Waals surface area contributed by atoms with Crippen LogP contribution in [0.1, 0.15) is 61.6 Å². The summed E-state index contributed by atoms with van der Waals surface area (Å²) in [5, 5.41) is 15.0. The average Bonchev–Trinajstić information content (AvgIpc) is 2.90. The molecule has 2 aromatic carbocycles. The van der Waals surface area contributed by atoms with E-state index in [4.69, 9.17) is 14.2 Å². The molecule has 2 aliphatic rings. The molecule has 1 heterocycles. The van der Waals surface area contributed by atoms with Crippen molar-refractivity contribution in [2.75, 3.05) is 20.8 Å². The van der Waals surface area contributed by atoms with Crippen LogP contribution in [0, 0.1) is 17.0 Å². The number of rotatable bonds is 8. The molecule has 1 aliphatic heterocycles. The molecule has 0 amide bonds. The number of nitro benzene ring substituents is 1. The van der Waals surface area contributed by atoms with Gasteiger partial charge in [-0.15, -0.1) is 0 Å². The molecule has 1 N–H and O–H groups in total. The van der Waals surface area contributed by atoms with Crippen molar-refractivity contribution < 1.29 is 28.7 Å². The lowest BCUT2D eigenvalue weighted by Gasteiger charge is -2.36. The van der Waals surface area contributed by atoms with E-state index in [1.165, 1.54) is 6.07 Å². The molecule has 0 spiro atoms. The number of nitrogens with zero attached hydrogens (tertiary/aromatic N) is 1. The fourth-order valence-electron chi connectivity index (χ4n) is 5.26. The number of ether oxygens (including phenoxy) is 3. The van der Waals surface area contributed by atoms with Crippen molar-refractivity contribution in [1.82, 2.24) is 5.32 Å². The molecule has 0 radical (unpaired) electrons. The van der Waals surface area contributed by atoms with E-state index in [0.29, 0.717) is 58.0 Å². The van der Waals surface area contributed by atoms with Crippen molar-refractivity contribution in [3.05, 3.63) is 85.7 Å². The number of aryl methyl sites for hydroxylation is 1. The van der Waals surface area contributed by atoms with E-state index in [9.17, 15) is 19.7 Å². The molecule has 1 aliphatic carbocycles. The Morgan fingerprint density at radius 2 is 1.76 bits per heavy atom. The van der Waals surface area contributed by atoms with Gasteiger partial charge in [-0.1, -0.05) is 25.1 Å². The van der Waals surface area contributed by atoms with E-state index in [2.05, 4.69) is 5.32 Å². The average molecular weight is 521 g/mol. The number of ketones is 1. The fraction of sp³-hybridized carbons (Fsp3) is 0.379. The molecule has 0 aromatic heterocycles. The lowest BCUT2D eigenvalue weighted by molar-refractivity contribution is -0.385. The van der Waals surface area contributed by atoms with Crippen molar-refractivity contribution in [2.24, 2.45) is 0 Å². The maximum Gasteiger partial charge on any atom is 0.336 e. The van der Waals surface area contributed by atoms with Crippen molar-refractivity contribution in [3.63, 3.8) is 0 Å². The largest absolute Gasteiger partial charge is 0.493 e. The van der Waals surface area contributed by atoms with Crippen LogP contribution in [0.2, 0.25) is 0 Å². The minimum atomic E-state index is -0.770. The Labute approximate surface area is 221 Å². The monoisotopic (exact) mass is 520 g/mol. The van der Waals surface area contributed by atoms with Crippen LogP contribution in [-0.2, 0) is 14.3 Å². The van der Waals surface area contributed by atoms with E-state index in [1.807, 2.05) is 25.1 Å². The lowest BCUT2D eigenvalue weighted by atomic mass is 9.71. The van der Waals surface area contributed by atoms with Gasteiger partial charge in [0.05, 0.1) is 31.3 Å². The first-order valence-electron chi connectivity index (χ1n) is 12.6. The standard InChI is InChI=1S/C29H32N2O7/c1-6-11-38-29(33)26-17(3)30-21-12-20(18-9-10-24(36-4)25(15-18)37-5)14-23(32)28(21)27(26)19-8-7-16(2)22(13-19)31(34)35/h7-10,13,15,20,27,30H,6,11-12,14H2,1-5H3/t20-,27-/m1/s1. The number of benzene rings is 2. The first kappa shape index (κ1) is 26.9. The van der Waals surface area contributed by atoms with Crippen LogP contribution in [0.25, 0.3) is 0 Å². The molecule has 4 rings (SSSR count). The molecule has 2 aromatic rings. The SMILES string of the molecule is CCCOC(=O)C1=C(C)NC2=C(C(=O)C[C@H](c3ccc(OC)c(OC)c3)C2)[C@@H]1c1ccc(C)c([N+](=O)[O-])c1. The van der Waals surface area contributed by atoms with Crippen LogP contribution >= 0.6 is 0 Å². The molecule has 0 saturated heterocycles. The van der Waals surface area contributed by atoms with Crippen molar-refractivity contribution in [3.8, 4) is 11.5 Å². The van der Waals surface area contributed by atoms with Gasteiger partial charge in [0.2, 0.25) is 0 Å². The van der Waals surface area contributed by atoms with Crippen molar-refractivity contribution >= 4 is 17.4 Å². The Kier molecular flexibility index (Phi) is 7.85. The second kappa shape index (κ2) is 11.1. The molecule has 0 fully saturated rings. The summed E-state index contributed by atoms with van der Waals surface area (Å²) < 4.78 is 16.3. The van der Waals surface area contributed by atoms with Gasteiger partial charge < -0.3 is 19.5 Å². The van der Waals surface area contributed by atoms with Crippen LogP contribution in [-0.4, -0.2) is 37.5 Å². The zero-order valence-electron chi connectivity index (χ0n) is 22.3. The van der Waals surface area contributed by atoms with Gasteiger partial charge >= 0.3 is 5.97 Å². The molecule has 200 valence electrons.